The molecule has 0 unspecified atom stereocenters. The molecule has 1 aliphatic heterocycles. The van der Waals surface area contributed by atoms with Gasteiger partial charge in [0.15, 0.2) is 0 Å². The molecule has 3 rings (SSSR count). The maximum Gasteiger partial charge on any atom is 0.128 e. The van der Waals surface area contributed by atoms with Crippen molar-refractivity contribution in [1.82, 2.24) is 9.97 Å². The molecule has 0 spiro atoms. The van der Waals surface area contributed by atoms with Gasteiger partial charge >= 0.3 is 0 Å². The number of rotatable bonds is 3. The summed E-state index contributed by atoms with van der Waals surface area (Å²) in [6.45, 7) is 5.74. The molecule has 0 saturated carbocycles. The van der Waals surface area contributed by atoms with Crippen LogP contribution in [0.3, 0.4) is 0 Å². The first kappa shape index (κ1) is 13.8. The van der Waals surface area contributed by atoms with E-state index < -0.39 is 0 Å². The maximum absolute atomic E-state index is 9.21. The van der Waals surface area contributed by atoms with Crippen molar-refractivity contribution in [2.75, 3.05) is 36.0 Å². The number of piperazine rings is 1. The molecule has 0 atom stereocenters. The zero-order chi connectivity index (χ0) is 14.7. The topological polar surface area (TPSA) is 52.5 Å². The fourth-order valence-corrected chi connectivity index (χ4v) is 2.63. The molecule has 0 radical (unpaired) electrons. The molecule has 1 fully saturated rings. The van der Waals surface area contributed by atoms with Crippen molar-refractivity contribution in [3.05, 3.63) is 47.8 Å². The first-order valence-electron chi connectivity index (χ1n) is 7.26. The van der Waals surface area contributed by atoms with E-state index in [0.29, 0.717) is 0 Å². The third-order valence-electron chi connectivity index (χ3n) is 3.93. The number of aliphatic hydroxyl groups excluding tert-OH is 1. The fraction of sp³-hybridized carbons (Fsp3) is 0.375. The summed E-state index contributed by atoms with van der Waals surface area (Å²) in [6.07, 6.45) is 1.83. The normalized spacial score (nSPS) is 15.3. The molecule has 5 nitrogen and oxygen atoms in total. The Bertz CT molecular complexity index is 594. The third-order valence-corrected chi connectivity index (χ3v) is 3.93. The lowest BCUT2D eigenvalue weighted by Crippen LogP contribution is -2.47. The van der Waals surface area contributed by atoms with Crippen molar-refractivity contribution in [2.24, 2.45) is 0 Å². The summed E-state index contributed by atoms with van der Waals surface area (Å²) >= 11 is 0. The maximum atomic E-state index is 9.21. The molecular formula is C16H20N4O. The average molecular weight is 284 g/mol. The van der Waals surface area contributed by atoms with Gasteiger partial charge in [-0.2, -0.15) is 0 Å². The van der Waals surface area contributed by atoms with Crippen LogP contribution in [0.1, 0.15) is 11.3 Å². The van der Waals surface area contributed by atoms with Crippen molar-refractivity contribution < 1.29 is 5.11 Å². The minimum absolute atomic E-state index is 0.0482. The first-order valence-corrected chi connectivity index (χ1v) is 7.26. The van der Waals surface area contributed by atoms with E-state index in [4.69, 9.17) is 0 Å². The summed E-state index contributed by atoms with van der Waals surface area (Å²) in [5.74, 6) is 2.03. The molecule has 110 valence electrons. The standard InChI is InChI=1S/C16H20N4O/c1-13-14(12-21)5-6-16(18-13)20-10-8-19(9-11-20)15-4-2-3-7-17-15/h2-7,21H,8-12H2,1H3. The summed E-state index contributed by atoms with van der Waals surface area (Å²) in [5.41, 5.74) is 1.80. The van der Waals surface area contributed by atoms with Gasteiger partial charge in [0, 0.05) is 38.1 Å². The number of nitrogens with zero attached hydrogens (tertiary/aromatic N) is 4. The molecule has 1 N–H and O–H groups in total. The first-order chi connectivity index (χ1) is 10.3. The molecule has 0 aliphatic carbocycles. The van der Waals surface area contributed by atoms with Gasteiger partial charge in [0.2, 0.25) is 0 Å². The van der Waals surface area contributed by atoms with E-state index in [1.165, 1.54) is 0 Å². The van der Waals surface area contributed by atoms with Gasteiger partial charge in [-0.3, -0.25) is 0 Å². The zero-order valence-electron chi connectivity index (χ0n) is 12.2. The van der Waals surface area contributed by atoms with Gasteiger partial charge in [0.05, 0.1) is 6.61 Å². The van der Waals surface area contributed by atoms with Crippen LogP contribution < -0.4 is 9.80 Å². The molecule has 0 amide bonds. The molecule has 2 aromatic rings. The summed E-state index contributed by atoms with van der Waals surface area (Å²) in [7, 11) is 0. The predicted octanol–water partition coefficient (Wildman–Crippen LogP) is 1.60. The Hall–Kier alpha value is -2.14. The third kappa shape index (κ3) is 2.97. The van der Waals surface area contributed by atoms with Crippen LogP contribution in [-0.4, -0.2) is 41.3 Å². The monoisotopic (exact) mass is 284 g/mol. The zero-order valence-corrected chi connectivity index (χ0v) is 12.2. The number of pyridine rings is 2. The van der Waals surface area contributed by atoms with Gasteiger partial charge in [0.25, 0.3) is 0 Å². The molecule has 0 bridgehead atoms. The molecular weight excluding hydrogens is 264 g/mol. The van der Waals surface area contributed by atoms with E-state index in [1.54, 1.807) is 0 Å². The van der Waals surface area contributed by atoms with Gasteiger partial charge in [-0.25, -0.2) is 9.97 Å². The highest BCUT2D eigenvalue weighted by atomic mass is 16.3. The lowest BCUT2D eigenvalue weighted by Gasteiger charge is -2.36. The van der Waals surface area contributed by atoms with Crippen molar-refractivity contribution >= 4 is 11.6 Å². The number of aliphatic hydroxyl groups is 1. The van der Waals surface area contributed by atoms with Crippen LogP contribution in [0.5, 0.6) is 0 Å². The van der Waals surface area contributed by atoms with Crippen LogP contribution in [0.15, 0.2) is 36.5 Å². The highest BCUT2D eigenvalue weighted by molar-refractivity contribution is 5.46. The Morgan fingerprint density at radius 3 is 2.29 bits per heavy atom. The van der Waals surface area contributed by atoms with E-state index in [-0.39, 0.29) is 6.61 Å². The van der Waals surface area contributed by atoms with Gasteiger partial charge in [-0.1, -0.05) is 12.1 Å². The second-order valence-corrected chi connectivity index (χ2v) is 5.23. The number of hydrogen-bond acceptors (Lipinski definition) is 5. The van der Waals surface area contributed by atoms with E-state index in [0.717, 1.165) is 49.1 Å². The smallest absolute Gasteiger partial charge is 0.128 e. The van der Waals surface area contributed by atoms with Gasteiger partial charge in [-0.05, 0) is 30.7 Å². The molecule has 21 heavy (non-hydrogen) atoms. The second kappa shape index (κ2) is 6.10. The highest BCUT2D eigenvalue weighted by Crippen LogP contribution is 2.19. The van der Waals surface area contributed by atoms with Crippen molar-refractivity contribution in [3.63, 3.8) is 0 Å². The Morgan fingerprint density at radius 2 is 1.71 bits per heavy atom. The molecule has 1 saturated heterocycles. The van der Waals surface area contributed by atoms with Crippen molar-refractivity contribution in [2.45, 2.75) is 13.5 Å². The Balaban J connectivity index is 1.67. The minimum atomic E-state index is 0.0482. The van der Waals surface area contributed by atoms with E-state index >= 15 is 0 Å². The SMILES string of the molecule is Cc1nc(N2CCN(c3ccccn3)CC2)ccc1CO. The average Bonchev–Trinajstić information content (AvgIpc) is 2.56. The fourth-order valence-electron chi connectivity index (χ4n) is 2.63. The van der Waals surface area contributed by atoms with Crippen LogP contribution in [0.25, 0.3) is 0 Å². The van der Waals surface area contributed by atoms with Gasteiger partial charge < -0.3 is 14.9 Å². The van der Waals surface area contributed by atoms with Crippen LogP contribution in [0.4, 0.5) is 11.6 Å². The number of aromatic nitrogens is 2. The van der Waals surface area contributed by atoms with E-state index in [2.05, 4.69) is 19.8 Å². The Morgan fingerprint density at radius 1 is 1.00 bits per heavy atom. The molecule has 3 heterocycles. The molecule has 1 aliphatic rings. The quantitative estimate of drug-likeness (QED) is 0.928. The van der Waals surface area contributed by atoms with Crippen molar-refractivity contribution in [3.8, 4) is 0 Å². The Labute approximate surface area is 124 Å². The summed E-state index contributed by atoms with van der Waals surface area (Å²) in [4.78, 5) is 13.6. The van der Waals surface area contributed by atoms with Crippen LogP contribution in [0, 0.1) is 6.92 Å². The number of anilines is 2. The van der Waals surface area contributed by atoms with Crippen LogP contribution in [-0.2, 0) is 6.61 Å². The van der Waals surface area contributed by atoms with Gasteiger partial charge in [0.1, 0.15) is 11.6 Å². The summed E-state index contributed by atoms with van der Waals surface area (Å²) in [6, 6.07) is 9.97. The molecule has 5 heteroatoms. The highest BCUT2D eigenvalue weighted by Gasteiger charge is 2.19. The lowest BCUT2D eigenvalue weighted by molar-refractivity contribution is 0.280. The summed E-state index contributed by atoms with van der Waals surface area (Å²) in [5, 5.41) is 9.21. The lowest BCUT2D eigenvalue weighted by atomic mass is 10.2. The minimum Gasteiger partial charge on any atom is -0.392 e. The Kier molecular flexibility index (Phi) is 4.01. The number of aryl methyl sites for hydroxylation is 1. The molecule has 2 aromatic heterocycles. The van der Waals surface area contributed by atoms with Crippen LogP contribution >= 0.6 is 0 Å². The largest absolute Gasteiger partial charge is 0.392 e. The number of hydrogen-bond donors (Lipinski definition) is 1. The summed E-state index contributed by atoms with van der Waals surface area (Å²) < 4.78 is 0. The predicted molar refractivity (Wildman–Crippen MR) is 83.6 cm³/mol. The van der Waals surface area contributed by atoms with Crippen LogP contribution in [0.2, 0.25) is 0 Å². The van der Waals surface area contributed by atoms with E-state index in [9.17, 15) is 5.11 Å². The second-order valence-electron chi connectivity index (χ2n) is 5.23. The van der Waals surface area contributed by atoms with Crippen molar-refractivity contribution in [1.29, 1.82) is 0 Å². The van der Waals surface area contributed by atoms with Gasteiger partial charge in [-0.15, -0.1) is 0 Å². The van der Waals surface area contributed by atoms with E-state index in [1.807, 2.05) is 43.5 Å². The molecule has 0 aromatic carbocycles.